The first-order chi connectivity index (χ1) is 11.2. The van der Waals surface area contributed by atoms with Crippen LogP contribution in [0.3, 0.4) is 0 Å². The molecule has 1 saturated heterocycles. The number of benzene rings is 1. The van der Waals surface area contributed by atoms with Gasteiger partial charge < -0.3 is 10.1 Å². The van der Waals surface area contributed by atoms with E-state index in [0.29, 0.717) is 6.61 Å². The molecule has 0 spiro atoms. The van der Waals surface area contributed by atoms with Gasteiger partial charge in [-0.2, -0.15) is 0 Å². The number of likely N-dealkylation sites (tertiary alicyclic amines) is 1. The van der Waals surface area contributed by atoms with Gasteiger partial charge in [-0.1, -0.05) is 43.2 Å². The Labute approximate surface area is 139 Å². The molecular weight excluding hydrogens is 288 g/mol. The molecule has 2 fully saturated rings. The van der Waals surface area contributed by atoms with E-state index in [4.69, 9.17) is 4.74 Å². The van der Waals surface area contributed by atoms with Crippen LogP contribution in [0.1, 0.15) is 44.6 Å². The zero-order chi connectivity index (χ0) is 16.1. The van der Waals surface area contributed by atoms with Crippen molar-refractivity contribution in [2.24, 2.45) is 0 Å². The molecule has 1 amide bonds. The van der Waals surface area contributed by atoms with Gasteiger partial charge in [-0.25, -0.2) is 0 Å². The molecule has 0 aromatic heterocycles. The lowest BCUT2D eigenvalue weighted by Gasteiger charge is -2.24. The zero-order valence-electron chi connectivity index (χ0n) is 14.0. The molecule has 1 aliphatic carbocycles. The lowest BCUT2D eigenvalue weighted by atomic mass is 10.2. The predicted octanol–water partition coefficient (Wildman–Crippen LogP) is 2.72. The van der Waals surface area contributed by atoms with E-state index in [-0.39, 0.29) is 11.9 Å². The molecule has 1 saturated carbocycles. The van der Waals surface area contributed by atoms with E-state index in [2.05, 4.69) is 10.2 Å². The summed E-state index contributed by atoms with van der Waals surface area (Å²) in [6.45, 7) is 4.44. The number of nitrogens with zero attached hydrogens (tertiary/aromatic N) is 1. The lowest BCUT2D eigenvalue weighted by Crippen LogP contribution is -2.43. The Bertz CT molecular complexity index is 499. The van der Waals surface area contributed by atoms with Crippen LogP contribution < -0.4 is 5.32 Å². The highest BCUT2D eigenvalue weighted by Gasteiger charge is 2.31. The van der Waals surface area contributed by atoms with Gasteiger partial charge in [0.25, 0.3) is 0 Å². The van der Waals surface area contributed by atoms with Crippen molar-refractivity contribution < 1.29 is 9.53 Å². The summed E-state index contributed by atoms with van der Waals surface area (Å²) in [4.78, 5) is 14.9. The summed E-state index contributed by atoms with van der Waals surface area (Å²) in [6, 6.07) is 11.0. The van der Waals surface area contributed by atoms with Crippen LogP contribution in [0.4, 0.5) is 0 Å². The molecule has 2 unspecified atom stereocenters. The molecule has 126 valence electrons. The summed E-state index contributed by atoms with van der Waals surface area (Å²) < 4.78 is 5.70. The van der Waals surface area contributed by atoms with Crippen LogP contribution in [-0.2, 0) is 16.1 Å². The summed E-state index contributed by atoms with van der Waals surface area (Å²) in [5.41, 5.74) is 1.10. The molecule has 4 nitrogen and oxygen atoms in total. The summed E-state index contributed by atoms with van der Waals surface area (Å²) >= 11 is 0. The van der Waals surface area contributed by atoms with E-state index in [1.807, 2.05) is 37.3 Å². The highest BCUT2D eigenvalue weighted by molar-refractivity contribution is 5.80. The van der Waals surface area contributed by atoms with E-state index < -0.39 is 6.10 Å². The molecule has 1 aliphatic heterocycles. The Hall–Kier alpha value is -1.39. The van der Waals surface area contributed by atoms with Crippen LogP contribution in [-0.4, -0.2) is 42.1 Å². The second-order valence-corrected chi connectivity index (χ2v) is 6.87. The fourth-order valence-electron chi connectivity index (χ4n) is 3.70. The van der Waals surface area contributed by atoms with Gasteiger partial charge in [0.2, 0.25) is 5.91 Å². The van der Waals surface area contributed by atoms with Crippen LogP contribution in [0.5, 0.6) is 0 Å². The highest BCUT2D eigenvalue weighted by Crippen LogP contribution is 2.26. The molecule has 2 atom stereocenters. The second kappa shape index (κ2) is 7.93. The van der Waals surface area contributed by atoms with E-state index in [0.717, 1.165) is 31.1 Å². The maximum atomic E-state index is 12.3. The number of ether oxygens (including phenoxy) is 1. The molecule has 0 radical (unpaired) electrons. The monoisotopic (exact) mass is 316 g/mol. The third kappa shape index (κ3) is 4.55. The van der Waals surface area contributed by atoms with Crippen molar-refractivity contribution in [3.63, 3.8) is 0 Å². The van der Waals surface area contributed by atoms with Crippen molar-refractivity contribution in [2.75, 3.05) is 13.1 Å². The minimum absolute atomic E-state index is 0.0132. The van der Waals surface area contributed by atoms with Crippen molar-refractivity contribution in [1.29, 1.82) is 0 Å². The molecule has 1 heterocycles. The van der Waals surface area contributed by atoms with Gasteiger partial charge in [0.05, 0.1) is 6.61 Å². The molecule has 0 bridgehead atoms. The van der Waals surface area contributed by atoms with Gasteiger partial charge in [-0.15, -0.1) is 0 Å². The molecule has 4 heteroatoms. The van der Waals surface area contributed by atoms with Crippen molar-refractivity contribution in [3.8, 4) is 0 Å². The molecule has 1 aromatic rings. The minimum Gasteiger partial charge on any atom is -0.364 e. The number of carbonyl (C=O) groups is 1. The Kier molecular flexibility index (Phi) is 5.68. The Morgan fingerprint density at radius 1 is 1.26 bits per heavy atom. The molecule has 1 aromatic carbocycles. The lowest BCUT2D eigenvalue weighted by molar-refractivity contribution is -0.133. The third-order valence-electron chi connectivity index (χ3n) is 5.12. The number of carbonyl (C=O) groups excluding carboxylic acids is 1. The average molecular weight is 316 g/mol. The van der Waals surface area contributed by atoms with Gasteiger partial charge in [-0.3, -0.25) is 9.69 Å². The minimum atomic E-state index is -0.407. The van der Waals surface area contributed by atoms with Crippen molar-refractivity contribution in [3.05, 3.63) is 35.9 Å². The quantitative estimate of drug-likeness (QED) is 0.877. The van der Waals surface area contributed by atoms with Crippen molar-refractivity contribution >= 4 is 5.91 Å². The normalized spacial score (nSPS) is 24.0. The molecule has 23 heavy (non-hydrogen) atoms. The largest absolute Gasteiger partial charge is 0.364 e. The number of hydrogen-bond acceptors (Lipinski definition) is 3. The van der Waals surface area contributed by atoms with E-state index in [9.17, 15) is 4.79 Å². The van der Waals surface area contributed by atoms with Gasteiger partial charge in [0.1, 0.15) is 6.10 Å². The standard InChI is InChI=1S/C19H28N2O2/c1-15(23-14-16-7-3-2-4-8-16)19(22)20-17-11-12-21(13-17)18-9-5-6-10-18/h2-4,7-8,15,17-18H,5-6,9-14H2,1H3,(H,20,22). The zero-order valence-corrected chi connectivity index (χ0v) is 14.0. The van der Waals surface area contributed by atoms with E-state index in [1.54, 1.807) is 0 Å². The van der Waals surface area contributed by atoms with E-state index >= 15 is 0 Å². The van der Waals surface area contributed by atoms with E-state index in [1.165, 1.54) is 25.7 Å². The number of amides is 1. The summed E-state index contributed by atoms with van der Waals surface area (Å²) in [5.74, 6) is 0.0132. The average Bonchev–Trinajstić information content (AvgIpc) is 3.24. The van der Waals surface area contributed by atoms with Gasteiger partial charge in [-0.05, 0) is 31.7 Å². The number of nitrogens with one attached hydrogen (secondary N) is 1. The summed E-state index contributed by atoms with van der Waals surface area (Å²) in [5, 5.41) is 3.16. The molecule has 1 N–H and O–H groups in total. The van der Waals surface area contributed by atoms with Crippen molar-refractivity contribution in [1.82, 2.24) is 10.2 Å². The van der Waals surface area contributed by atoms with Crippen LogP contribution in [0.15, 0.2) is 30.3 Å². The van der Waals surface area contributed by atoms with Crippen LogP contribution in [0.25, 0.3) is 0 Å². The van der Waals surface area contributed by atoms with Crippen LogP contribution >= 0.6 is 0 Å². The van der Waals surface area contributed by atoms with Gasteiger partial charge in [0.15, 0.2) is 0 Å². The molecular formula is C19H28N2O2. The first-order valence-corrected chi connectivity index (χ1v) is 8.92. The predicted molar refractivity (Wildman–Crippen MR) is 91.1 cm³/mol. The molecule has 3 rings (SSSR count). The number of hydrogen-bond donors (Lipinski definition) is 1. The SMILES string of the molecule is CC(OCc1ccccc1)C(=O)NC1CCN(C2CCCC2)C1. The Morgan fingerprint density at radius 2 is 2.00 bits per heavy atom. The van der Waals surface area contributed by atoms with Crippen molar-refractivity contribution in [2.45, 2.75) is 63.8 Å². The summed E-state index contributed by atoms with van der Waals surface area (Å²) in [6.07, 6.45) is 6.04. The molecule has 2 aliphatic rings. The third-order valence-corrected chi connectivity index (χ3v) is 5.12. The highest BCUT2D eigenvalue weighted by atomic mass is 16.5. The smallest absolute Gasteiger partial charge is 0.249 e. The summed E-state index contributed by atoms with van der Waals surface area (Å²) in [7, 11) is 0. The first kappa shape index (κ1) is 16.5. The second-order valence-electron chi connectivity index (χ2n) is 6.87. The Morgan fingerprint density at radius 3 is 2.74 bits per heavy atom. The first-order valence-electron chi connectivity index (χ1n) is 8.92. The van der Waals surface area contributed by atoms with Gasteiger partial charge in [0, 0.05) is 25.2 Å². The maximum Gasteiger partial charge on any atom is 0.249 e. The maximum absolute atomic E-state index is 12.3. The fraction of sp³-hybridized carbons (Fsp3) is 0.632. The fourth-order valence-corrected chi connectivity index (χ4v) is 3.70. The number of rotatable bonds is 6. The topological polar surface area (TPSA) is 41.6 Å². The Balaban J connectivity index is 1.40. The van der Waals surface area contributed by atoms with Crippen LogP contribution in [0, 0.1) is 0 Å². The van der Waals surface area contributed by atoms with Crippen LogP contribution in [0.2, 0.25) is 0 Å². The van der Waals surface area contributed by atoms with Gasteiger partial charge >= 0.3 is 0 Å².